The van der Waals surface area contributed by atoms with Gasteiger partial charge in [0.25, 0.3) is 0 Å². The van der Waals surface area contributed by atoms with E-state index in [1.165, 1.54) is 50.8 Å². The van der Waals surface area contributed by atoms with Gasteiger partial charge in [-0.15, -0.1) is 0 Å². The Morgan fingerprint density at radius 3 is 2.53 bits per heavy atom. The highest BCUT2D eigenvalue weighted by atomic mass is 32.2. The summed E-state index contributed by atoms with van der Waals surface area (Å²) in [4.78, 5) is 0. The van der Waals surface area contributed by atoms with Crippen molar-refractivity contribution >= 4 is 11.8 Å². The molecule has 0 aliphatic heterocycles. The maximum atomic E-state index is 3.84. The summed E-state index contributed by atoms with van der Waals surface area (Å²) < 4.78 is 0.394. The number of hydrogen-bond donors (Lipinski definition) is 1. The topological polar surface area (TPSA) is 12.0 Å². The predicted molar refractivity (Wildman–Crippen MR) is 90.0 cm³/mol. The van der Waals surface area contributed by atoms with E-state index in [1.807, 2.05) is 0 Å². The van der Waals surface area contributed by atoms with Crippen molar-refractivity contribution < 1.29 is 0 Å². The second-order valence-electron chi connectivity index (χ2n) is 7.18. The van der Waals surface area contributed by atoms with Crippen LogP contribution in [0.3, 0.4) is 0 Å². The van der Waals surface area contributed by atoms with Crippen LogP contribution in [0.2, 0.25) is 0 Å². The van der Waals surface area contributed by atoms with E-state index < -0.39 is 0 Å². The molecule has 0 aromatic heterocycles. The van der Waals surface area contributed by atoms with Gasteiger partial charge < -0.3 is 5.32 Å². The number of rotatable bonds is 7. The molecule has 0 saturated heterocycles. The molecule has 0 radical (unpaired) electrons. The van der Waals surface area contributed by atoms with E-state index in [0.717, 1.165) is 17.9 Å². The van der Waals surface area contributed by atoms with Gasteiger partial charge in [0.05, 0.1) is 0 Å². The van der Waals surface area contributed by atoms with Gasteiger partial charge in [-0.1, -0.05) is 53.9 Å². The maximum absolute atomic E-state index is 3.84. The minimum atomic E-state index is 0.394. The molecule has 1 fully saturated rings. The lowest BCUT2D eigenvalue weighted by atomic mass is 9.77. The fourth-order valence-electron chi connectivity index (χ4n) is 3.10. The van der Waals surface area contributed by atoms with Gasteiger partial charge in [-0.3, -0.25) is 0 Å². The predicted octanol–water partition coefficient (Wildman–Crippen LogP) is 5.10. The van der Waals surface area contributed by atoms with Crippen LogP contribution in [0.15, 0.2) is 0 Å². The average molecular weight is 286 g/mol. The largest absolute Gasteiger partial charge is 0.313 e. The van der Waals surface area contributed by atoms with Crippen molar-refractivity contribution in [3.8, 4) is 0 Å². The van der Waals surface area contributed by atoms with Crippen molar-refractivity contribution in [3.63, 3.8) is 0 Å². The van der Waals surface area contributed by atoms with Crippen molar-refractivity contribution in [2.75, 3.05) is 12.3 Å². The molecular weight excluding hydrogens is 250 g/mol. The van der Waals surface area contributed by atoms with Crippen molar-refractivity contribution in [1.29, 1.82) is 0 Å². The van der Waals surface area contributed by atoms with E-state index in [0.29, 0.717) is 4.75 Å². The summed E-state index contributed by atoms with van der Waals surface area (Å²) in [5.41, 5.74) is 0. The molecule has 114 valence electrons. The van der Waals surface area contributed by atoms with Crippen LogP contribution in [0.1, 0.15) is 73.1 Å². The van der Waals surface area contributed by atoms with E-state index in [9.17, 15) is 0 Å². The zero-order valence-electron chi connectivity index (χ0n) is 13.8. The lowest BCUT2D eigenvalue weighted by Gasteiger charge is -2.36. The standard InChI is InChI=1S/C17H35NS/c1-6-11-18-16(13-19-17(3,4)5)15-10-8-9-14(7-2)12-15/h14-16,18H,6-13H2,1-5H3. The first kappa shape index (κ1) is 17.4. The minimum Gasteiger partial charge on any atom is -0.313 e. The van der Waals surface area contributed by atoms with Crippen molar-refractivity contribution in [1.82, 2.24) is 5.32 Å². The second kappa shape index (κ2) is 8.56. The summed E-state index contributed by atoms with van der Waals surface area (Å²) >= 11 is 2.13. The van der Waals surface area contributed by atoms with E-state index in [1.54, 1.807) is 0 Å². The van der Waals surface area contributed by atoms with E-state index >= 15 is 0 Å². The molecule has 0 heterocycles. The first-order valence-corrected chi connectivity index (χ1v) is 9.32. The van der Waals surface area contributed by atoms with E-state index in [2.05, 4.69) is 51.7 Å². The van der Waals surface area contributed by atoms with Gasteiger partial charge in [0.2, 0.25) is 0 Å². The Hall–Kier alpha value is 0.310. The third-order valence-electron chi connectivity index (χ3n) is 4.32. The Kier molecular flexibility index (Phi) is 7.83. The van der Waals surface area contributed by atoms with Crippen LogP contribution in [-0.2, 0) is 0 Å². The molecule has 0 bridgehead atoms. The number of thioether (sulfide) groups is 1. The highest BCUT2D eigenvalue weighted by Gasteiger charge is 2.28. The van der Waals surface area contributed by atoms with E-state index in [4.69, 9.17) is 0 Å². The molecule has 3 atom stereocenters. The first-order chi connectivity index (χ1) is 8.96. The van der Waals surface area contributed by atoms with Gasteiger partial charge in [0.1, 0.15) is 0 Å². The fourth-order valence-corrected chi connectivity index (χ4v) is 4.17. The van der Waals surface area contributed by atoms with Gasteiger partial charge in [-0.05, 0) is 37.6 Å². The van der Waals surface area contributed by atoms with Crippen molar-refractivity contribution in [2.45, 2.75) is 83.9 Å². The Bertz CT molecular complexity index is 234. The summed E-state index contributed by atoms with van der Waals surface area (Å²) in [6.07, 6.45) is 8.46. The van der Waals surface area contributed by atoms with Crippen molar-refractivity contribution in [2.24, 2.45) is 11.8 Å². The Labute approximate surface area is 125 Å². The van der Waals surface area contributed by atoms with Gasteiger partial charge in [-0.25, -0.2) is 0 Å². The van der Waals surface area contributed by atoms with Crippen LogP contribution >= 0.6 is 11.8 Å². The van der Waals surface area contributed by atoms with Gasteiger partial charge in [0, 0.05) is 16.5 Å². The highest BCUT2D eigenvalue weighted by Crippen LogP contribution is 2.35. The van der Waals surface area contributed by atoms with Crippen LogP contribution in [-0.4, -0.2) is 23.1 Å². The Morgan fingerprint density at radius 2 is 1.95 bits per heavy atom. The summed E-state index contributed by atoms with van der Waals surface area (Å²) in [7, 11) is 0. The summed E-state index contributed by atoms with van der Waals surface area (Å²) in [6.45, 7) is 12.8. The normalized spacial score (nSPS) is 26.4. The third-order valence-corrected chi connectivity index (χ3v) is 5.71. The zero-order chi connectivity index (χ0) is 14.3. The van der Waals surface area contributed by atoms with E-state index in [-0.39, 0.29) is 0 Å². The molecule has 0 spiro atoms. The summed E-state index contributed by atoms with van der Waals surface area (Å²) in [5, 5.41) is 3.84. The molecule has 1 rings (SSSR count). The van der Waals surface area contributed by atoms with Gasteiger partial charge in [0.15, 0.2) is 0 Å². The molecule has 1 aliphatic rings. The smallest absolute Gasteiger partial charge is 0.0186 e. The van der Waals surface area contributed by atoms with Crippen LogP contribution < -0.4 is 5.32 Å². The molecule has 19 heavy (non-hydrogen) atoms. The number of nitrogens with one attached hydrogen (secondary N) is 1. The molecule has 2 heteroatoms. The molecular formula is C17H35NS. The van der Waals surface area contributed by atoms with Crippen LogP contribution in [0.5, 0.6) is 0 Å². The minimum absolute atomic E-state index is 0.394. The molecule has 3 unspecified atom stereocenters. The summed E-state index contributed by atoms with van der Waals surface area (Å²) in [5.74, 6) is 3.19. The zero-order valence-corrected chi connectivity index (χ0v) is 14.6. The molecule has 1 nitrogen and oxygen atoms in total. The first-order valence-electron chi connectivity index (χ1n) is 8.33. The Balaban J connectivity index is 2.51. The molecule has 0 amide bonds. The lowest BCUT2D eigenvalue weighted by molar-refractivity contribution is 0.218. The molecule has 1 N–H and O–H groups in total. The average Bonchev–Trinajstić information content (AvgIpc) is 2.38. The maximum Gasteiger partial charge on any atom is 0.0186 e. The lowest BCUT2D eigenvalue weighted by Crippen LogP contribution is -2.41. The monoisotopic (exact) mass is 285 g/mol. The number of hydrogen-bond acceptors (Lipinski definition) is 2. The summed E-state index contributed by atoms with van der Waals surface area (Å²) in [6, 6.07) is 0.735. The third kappa shape index (κ3) is 7.04. The second-order valence-corrected chi connectivity index (χ2v) is 9.03. The molecule has 1 saturated carbocycles. The SMILES string of the molecule is CCCNC(CSC(C)(C)C)C1CCCC(CC)C1. The van der Waals surface area contributed by atoms with Gasteiger partial charge in [-0.2, -0.15) is 11.8 Å². The van der Waals surface area contributed by atoms with Crippen LogP contribution in [0.4, 0.5) is 0 Å². The van der Waals surface area contributed by atoms with Crippen molar-refractivity contribution in [3.05, 3.63) is 0 Å². The Morgan fingerprint density at radius 1 is 1.21 bits per heavy atom. The quantitative estimate of drug-likeness (QED) is 0.698. The van der Waals surface area contributed by atoms with Crippen LogP contribution in [0.25, 0.3) is 0 Å². The highest BCUT2D eigenvalue weighted by molar-refractivity contribution is 8.00. The fraction of sp³-hybridized carbons (Fsp3) is 1.00. The van der Waals surface area contributed by atoms with Gasteiger partial charge >= 0.3 is 0 Å². The van der Waals surface area contributed by atoms with Crippen LogP contribution in [0, 0.1) is 11.8 Å². The molecule has 0 aromatic rings. The molecule has 1 aliphatic carbocycles. The molecule has 0 aromatic carbocycles.